The van der Waals surface area contributed by atoms with E-state index in [0.717, 1.165) is 65.1 Å². The van der Waals surface area contributed by atoms with Gasteiger partial charge in [-0.15, -0.1) is 0 Å². The van der Waals surface area contributed by atoms with Crippen molar-refractivity contribution >= 4 is 28.0 Å². The van der Waals surface area contributed by atoms with Crippen molar-refractivity contribution in [2.75, 3.05) is 13.1 Å². The fourth-order valence-corrected chi connectivity index (χ4v) is 4.40. The summed E-state index contributed by atoms with van der Waals surface area (Å²) in [5, 5.41) is 0. The molecule has 1 fully saturated rings. The fraction of sp³-hybridized carbons (Fsp3) is 0.360. The molecular formula is C25H26N4O2. The number of nitrogens with zero attached hydrogens (tertiary/aromatic N) is 4. The number of oxazole rings is 1. The van der Waals surface area contributed by atoms with Gasteiger partial charge in [-0.2, -0.15) is 0 Å². The zero-order chi connectivity index (χ0) is 21.4. The third-order valence-electron chi connectivity index (χ3n) is 6.18. The Morgan fingerprint density at radius 3 is 2.35 bits per heavy atom. The second-order valence-corrected chi connectivity index (χ2v) is 8.11. The minimum atomic E-state index is 0.0531. The molecular weight excluding hydrogens is 388 g/mol. The van der Waals surface area contributed by atoms with Crippen molar-refractivity contribution in [3.63, 3.8) is 0 Å². The summed E-state index contributed by atoms with van der Waals surface area (Å²) < 4.78 is 5.95. The van der Waals surface area contributed by atoms with Crippen LogP contribution in [0.3, 0.4) is 0 Å². The quantitative estimate of drug-likeness (QED) is 0.474. The summed E-state index contributed by atoms with van der Waals surface area (Å²) in [5.74, 6) is 1.09. The molecule has 3 heterocycles. The number of rotatable bonds is 4. The first-order chi connectivity index (χ1) is 15.2. The average molecular weight is 415 g/mol. The first kappa shape index (κ1) is 19.7. The van der Waals surface area contributed by atoms with Gasteiger partial charge in [-0.25, -0.2) is 15.0 Å². The van der Waals surface area contributed by atoms with E-state index in [4.69, 9.17) is 14.4 Å². The van der Waals surface area contributed by atoms with Crippen LogP contribution in [-0.4, -0.2) is 38.8 Å². The van der Waals surface area contributed by atoms with Gasteiger partial charge in [-0.1, -0.05) is 26.0 Å². The van der Waals surface area contributed by atoms with Gasteiger partial charge in [0.15, 0.2) is 11.5 Å². The molecule has 0 saturated carbocycles. The molecule has 0 aliphatic carbocycles. The number of aromatic nitrogens is 3. The summed E-state index contributed by atoms with van der Waals surface area (Å²) in [5.41, 5.74) is 6.08. The molecule has 1 aliphatic rings. The van der Waals surface area contributed by atoms with Gasteiger partial charge >= 0.3 is 0 Å². The number of hydrogen-bond donors (Lipinski definition) is 0. The molecule has 158 valence electrons. The lowest BCUT2D eigenvalue weighted by molar-refractivity contribution is 0.0707. The molecule has 1 aliphatic heterocycles. The molecule has 0 spiro atoms. The van der Waals surface area contributed by atoms with E-state index in [-0.39, 0.29) is 11.8 Å². The summed E-state index contributed by atoms with van der Waals surface area (Å²) in [6.07, 6.45) is 3.41. The number of likely N-dealkylation sites (tertiary alicyclic amines) is 1. The predicted octanol–water partition coefficient (Wildman–Crippen LogP) is 4.92. The number of carbonyl (C=O) groups is 1. The van der Waals surface area contributed by atoms with E-state index < -0.39 is 0 Å². The van der Waals surface area contributed by atoms with Crippen LogP contribution in [0.4, 0.5) is 0 Å². The van der Waals surface area contributed by atoms with Gasteiger partial charge in [-0.05, 0) is 56.0 Å². The Morgan fingerprint density at radius 1 is 0.935 bits per heavy atom. The topological polar surface area (TPSA) is 72.1 Å². The number of carbonyl (C=O) groups excluding carboxylic acids is 1. The molecule has 6 nitrogen and oxygen atoms in total. The molecule has 2 aromatic carbocycles. The smallest absolute Gasteiger partial charge is 0.253 e. The highest BCUT2D eigenvalue weighted by atomic mass is 16.3. The van der Waals surface area contributed by atoms with Crippen LogP contribution in [0, 0.1) is 0 Å². The molecule has 0 radical (unpaired) electrons. The Labute approximate surface area is 181 Å². The predicted molar refractivity (Wildman–Crippen MR) is 120 cm³/mol. The lowest BCUT2D eigenvalue weighted by Crippen LogP contribution is -2.38. The van der Waals surface area contributed by atoms with Crippen molar-refractivity contribution in [1.82, 2.24) is 19.9 Å². The highest BCUT2D eigenvalue weighted by Gasteiger charge is 2.27. The maximum absolute atomic E-state index is 13.1. The first-order valence-electron chi connectivity index (χ1n) is 11.1. The summed E-state index contributed by atoms with van der Waals surface area (Å²) in [6, 6.07) is 13.5. The normalized spacial score (nSPS) is 15.1. The number of hydrogen-bond acceptors (Lipinski definition) is 5. The summed E-state index contributed by atoms with van der Waals surface area (Å²) in [6.45, 7) is 5.57. The number of piperidine rings is 1. The zero-order valence-electron chi connectivity index (χ0n) is 18.0. The van der Waals surface area contributed by atoms with Gasteiger partial charge in [-0.3, -0.25) is 4.79 Å². The van der Waals surface area contributed by atoms with Gasteiger partial charge in [0.05, 0.1) is 22.4 Å². The molecule has 2 aromatic heterocycles. The van der Waals surface area contributed by atoms with Gasteiger partial charge in [0, 0.05) is 24.6 Å². The number of benzene rings is 2. The van der Waals surface area contributed by atoms with Crippen LogP contribution < -0.4 is 0 Å². The van der Waals surface area contributed by atoms with Crippen molar-refractivity contribution in [3.8, 4) is 0 Å². The molecule has 6 heteroatoms. The molecule has 0 atom stereocenters. The number of para-hydroxylation sites is 2. The van der Waals surface area contributed by atoms with Crippen molar-refractivity contribution in [3.05, 3.63) is 65.3 Å². The molecule has 0 bridgehead atoms. The Morgan fingerprint density at radius 2 is 1.65 bits per heavy atom. The van der Waals surface area contributed by atoms with Crippen LogP contribution in [0.25, 0.3) is 22.1 Å². The largest absolute Gasteiger partial charge is 0.440 e. The monoisotopic (exact) mass is 414 g/mol. The highest BCUT2D eigenvalue weighted by molar-refractivity contribution is 5.97. The number of amides is 1. The summed E-state index contributed by atoms with van der Waals surface area (Å²) in [7, 11) is 0. The highest BCUT2D eigenvalue weighted by Crippen LogP contribution is 2.30. The lowest BCUT2D eigenvalue weighted by Gasteiger charge is -2.30. The van der Waals surface area contributed by atoms with Crippen LogP contribution in [0.1, 0.15) is 60.2 Å². The van der Waals surface area contributed by atoms with Gasteiger partial charge < -0.3 is 9.32 Å². The second-order valence-electron chi connectivity index (χ2n) is 8.11. The Balaban J connectivity index is 1.32. The second kappa shape index (κ2) is 8.10. The number of fused-ring (bicyclic) bond motifs is 2. The minimum Gasteiger partial charge on any atom is -0.440 e. The molecule has 4 aromatic rings. The van der Waals surface area contributed by atoms with E-state index in [1.807, 2.05) is 47.4 Å². The molecule has 0 unspecified atom stereocenters. The van der Waals surface area contributed by atoms with E-state index in [9.17, 15) is 4.79 Å². The third-order valence-corrected chi connectivity index (χ3v) is 6.18. The fourth-order valence-electron chi connectivity index (χ4n) is 4.40. The summed E-state index contributed by atoms with van der Waals surface area (Å²) >= 11 is 0. The Bertz CT molecular complexity index is 1220. The SMILES string of the molecule is CCc1nc2ccc(C(=O)N3CCC(c4nc5ccccc5o4)CC3)cc2nc1CC. The third kappa shape index (κ3) is 3.67. The van der Waals surface area contributed by atoms with E-state index >= 15 is 0 Å². The van der Waals surface area contributed by atoms with Crippen LogP contribution in [0.2, 0.25) is 0 Å². The van der Waals surface area contributed by atoms with E-state index in [0.29, 0.717) is 18.7 Å². The van der Waals surface area contributed by atoms with E-state index in [2.05, 4.69) is 18.8 Å². The Kier molecular flexibility index (Phi) is 5.14. The zero-order valence-corrected chi connectivity index (χ0v) is 18.0. The molecule has 5 rings (SSSR count). The maximum atomic E-state index is 13.1. The molecule has 1 amide bonds. The van der Waals surface area contributed by atoms with Crippen molar-refractivity contribution < 1.29 is 9.21 Å². The van der Waals surface area contributed by atoms with Crippen molar-refractivity contribution in [1.29, 1.82) is 0 Å². The molecule has 1 saturated heterocycles. The van der Waals surface area contributed by atoms with Gasteiger partial charge in [0.25, 0.3) is 5.91 Å². The van der Waals surface area contributed by atoms with Crippen LogP contribution in [0.15, 0.2) is 46.9 Å². The van der Waals surface area contributed by atoms with Crippen molar-refractivity contribution in [2.24, 2.45) is 0 Å². The Hall–Kier alpha value is -3.28. The molecule has 31 heavy (non-hydrogen) atoms. The van der Waals surface area contributed by atoms with Crippen LogP contribution in [0.5, 0.6) is 0 Å². The molecule has 0 N–H and O–H groups in total. The van der Waals surface area contributed by atoms with Crippen molar-refractivity contribution in [2.45, 2.75) is 45.4 Å². The minimum absolute atomic E-state index is 0.0531. The number of aryl methyl sites for hydroxylation is 2. The summed E-state index contributed by atoms with van der Waals surface area (Å²) in [4.78, 5) is 29.2. The van der Waals surface area contributed by atoms with E-state index in [1.165, 1.54) is 0 Å². The lowest BCUT2D eigenvalue weighted by atomic mass is 9.96. The average Bonchev–Trinajstić information content (AvgIpc) is 3.26. The van der Waals surface area contributed by atoms with E-state index in [1.54, 1.807) is 0 Å². The van der Waals surface area contributed by atoms with Crippen LogP contribution >= 0.6 is 0 Å². The van der Waals surface area contributed by atoms with Crippen LogP contribution in [-0.2, 0) is 12.8 Å². The first-order valence-corrected chi connectivity index (χ1v) is 11.1. The van der Waals surface area contributed by atoms with Gasteiger partial charge in [0.2, 0.25) is 0 Å². The maximum Gasteiger partial charge on any atom is 0.253 e. The van der Waals surface area contributed by atoms with Gasteiger partial charge in [0.1, 0.15) is 5.52 Å². The standard InChI is InChI=1S/C25H26N4O2/c1-3-18-19(4-2)27-22-15-17(9-10-20(22)26-18)25(30)29-13-11-16(12-14-29)24-28-21-7-5-6-8-23(21)31-24/h5-10,15-16H,3-4,11-14H2,1-2H3.